The molecule has 0 aromatic rings. The van der Waals surface area contributed by atoms with Crippen LogP contribution in [0.4, 0.5) is 4.39 Å². The third kappa shape index (κ3) is 7.30. The van der Waals surface area contributed by atoms with Crippen molar-refractivity contribution in [1.82, 2.24) is 5.32 Å². The first-order valence-corrected chi connectivity index (χ1v) is 4.14. The van der Waals surface area contributed by atoms with Crippen molar-refractivity contribution in [2.24, 2.45) is 0 Å². The van der Waals surface area contributed by atoms with Gasteiger partial charge in [0.25, 0.3) is 5.91 Å². The Morgan fingerprint density at radius 2 is 2.09 bits per heavy atom. The molecule has 0 fully saturated rings. The van der Waals surface area contributed by atoms with Crippen molar-refractivity contribution in [2.45, 2.75) is 32.6 Å². The van der Waals surface area contributed by atoms with Crippen LogP contribution in [0.5, 0.6) is 0 Å². The van der Waals surface area contributed by atoms with Crippen LogP contribution in [0.15, 0.2) is 0 Å². The first-order chi connectivity index (χ1) is 5.31. The molecular weight excluding hydrogens is 145 g/mol. The van der Waals surface area contributed by atoms with E-state index in [1.807, 2.05) is 0 Å². The Kier molecular flexibility index (Phi) is 7.10. The van der Waals surface area contributed by atoms with Crippen LogP contribution in [-0.4, -0.2) is 19.1 Å². The summed E-state index contributed by atoms with van der Waals surface area (Å²) in [4.78, 5) is 10.4. The summed E-state index contributed by atoms with van der Waals surface area (Å²) in [7, 11) is 0. The molecule has 0 radical (unpaired) electrons. The van der Waals surface area contributed by atoms with Crippen LogP contribution < -0.4 is 5.32 Å². The number of hydrogen-bond donors (Lipinski definition) is 1. The molecule has 2 nitrogen and oxygen atoms in total. The minimum atomic E-state index is -0.895. The zero-order valence-corrected chi connectivity index (χ0v) is 7.03. The fourth-order valence-corrected chi connectivity index (χ4v) is 0.827. The molecule has 0 aliphatic heterocycles. The molecule has 1 amide bonds. The van der Waals surface area contributed by atoms with Gasteiger partial charge in [-0.25, -0.2) is 4.39 Å². The summed E-state index contributed by atoms with van der Waals surface area (Å²) in [6, 6.07) is 0. The van der Waals surface area contributed by atoms with Crippen molar-refractivity contribution in [3.8, 4) is 0 Å². The fraction of sp³-hybridized carbons (Fsp3) is 0.875. The zero-order chi connectivity index (χ0) is 8.53. The lowest BCUT2D eigenvalue weighted by Crippen LogP contribution is -2.25. The smallest absolute Gasteiger partial charge is 0.251 e. The van der Waals surface area contributed by atoms with E-state index in [0.717, 1.165) is 12.8 Å². The standard InChI is InChI=1S/C8H16FNO/c1-2-3-4-5-6-10-8(11)7-9/h2-7H2,1H3,(H,10,11). The molecule has 11 heavy (non-hydrogen) atoms. The maximum atomic E-state index is 11.5. The van der Waals surface area contributed by atoms with Gasteiger partial charge in [-0.1, -0.05) is 26.2 Å². The van der Waals surface area contributed by atoms with Crippen molar-refractivity contribution in [2.75, 3.05) is 13.2 Å². The molecule has 0 heterocycles. The van der Waals surface area contributed by atoms with Crippen molar-refractivity contribution in [3.05, 3.63) is 0 Å². The lowest BCUT2D eigenvalue weighted by atomic mass is 10.2. The van der Waals surface area contributed by atoms with Gasteiger partial charge < -0.3 is 5.32 Å². The Morgan fingerprint density at radius 1 is 1.36 bits per heavy atom. The average molecular weight is 161 g/mol. The molecule has 0 saturated heterocycles. The normalized spacial score (nSPS) is 9.64. The topological polar surface area (TPSA) is 29.1 Å². The van der Waals surface area contributed by atoms with E-state index in [-0.39, 0.29) is 0 Å². The highest BCUT2D eigenvalue weighted by molar-refractivity contribution is 5.76. The lowest BCUT2D eigenvalue weighted by Gasteiger charge is -2.00. The molecular formula is C8H16FNO. The Balaban J connectivity index is 2.95. The van der Waals surface area contributed by atoms with E-state index in [4.69, 9.17) is 0 Å². The predicted octanol–water partition coefficient (Wildman–Crippen LogP) is 1.65. The second-order valence-electron chi connectivity index (χ2n) is 2.54. The molecule has 1 N–H and O–H groups in total. The predicted molar refractivity (Wildman–Crippen MR) is 43.1 cm³/mol. The van der Waals surface area contributed by atoms with E-state index < -0.39 is 12.6 Å². The molecule has 0 rings (SSSR count). The van der Waals surface area contributed by atoms with Gasteiger partial charge in [0.15, 0.2) is 6.67 Å². The molecule has 3 heteroatoms. The number of amides is 1. The third-order valence-corrected chi connectivity index (χ3v) is 1.47. The van der Waals surface area contributed by atoms with Gasteiger partial charge >= 0.3 is 0 Å². The molecule has 0 aromatic carbocycles. The Bertz CT molecular complexity index is 106. The molecule has 0 saturated carbocycles. The van der Waals surface area contributed by atoms with Crippen molar-refractivity contribution >= 4 is 5.91 Å². The van der Waals surface area contributed by atoms with Gasteiger partial charge in [-0.2, -0.15) is 0 Å². The van der Waals surface area contributed by atoms with Crippen LogP contribution in [0.2, 0.25) is 0 Å². The molecule has 0 aromatic heterocycles. The van der Waals surface area contributed by atoms with Crippen molar-refractivity contribution in [3.63, 3.8) is 0 Å². The Labute approximate surface area is 67.2 Å². The summed E-state index contributed by atoms with van der Waals surface area (Å²) in [5.41, 5.74) is 0. The van der Waals surface area contributed by atoms with Gasteiger partial charge in [0.05, 0.1) is 0 Å². The summed E-state index contributed by atoms with van der Waals surface area (Å²) in [5, 5.41) is 2.48. The van der Waals surface area contributed by atoms with E-state index in [0.29, 0.717) is 6.54 Å². The van der Waals surface area contributed by atoms with E-state index in [2.05, 4.69) is 12.2 Å². The average Bonchev–Trinajstić information content (AvgIpc) is 2.04. The van der Waals surface area contributed by atoms with Crippen molar-refractivity contribution in [1.29, 1.82) is 0 Å². The molecule has 0 atom stereocenters. The van der Waals surface area contributed by atoms with Crippen LogP contribution in [0.25, 0.3) is 0 Å². The highest BCUT2D eigenvalue weighted by Gasteiger charge is 1.96. The second-order valence-corrected chi connectivity index (χ2v) is 2.54. The SMILES string of the molecule is CCCCCCNC(=O)CF. The number of hydrogen-bond acceptors (Lipinski definition) is 1. The van der Waals surface area contributed by atoms with Crippen LogP contribution in [0.1, 0.15) is 32.6 Å². The van der Waals surface area contributed by atoms with Gasteiger partial charge in [-0.3, -0.25) is 4.79 Å². The molecule has 0 bridgehead atoms. The minimum absolute atomic E-state index is 0.499. The van der Waals surface area contributed by atoms with E-state index in [9.17, 15) is 9.18 Å². The molecule has 0 spiro atoms. The quantitative estimate of drug-likeness (QED) is 0.590. The molecule has 0 aliphatic carbocycles. The van der Waals surface area contributed by atoms with Gasteiger partial charge in [0, 0.05) is 6.54 Å². The second kappa shape index (κ2) is 7.51. The Morgan fingerprint density at radius 3 is 2.64 bits per heavy atom. The number of carbonyl (C=O) groups is 1. The van der Waals surface area contributed by atoms with Gasteiger partial charge in [0.1, 0.15) is 0 Å². The fourth-order valence-electron chi connectivity index (χ4n) is 0.827. The van der Waals surface area contributed by atoms with E-state index in [1.165, 1.54) is 12.8 Å². The Hall–Kier alpha value is -0.600. The van der Waals surface area contributed by atoms with E-state index >= 15 is 0 Å². The number of nitrogens with one attached hydrogen (secondary N) is 1. The number of unbranched alkanes of at least 4 members (excludes halogenated alkanes) is 3. The number of carbonyl (C=O) groups excluding carboxylic acids is 1. The summed E-state index contributed by atoms with van der Waals surface area (Å²) >= 11 is 0. The van der Waals surface area contributed by atoms with Crippen LogP contribution in [0.3, 0.4) is 0 Å². The third-order valence-electron chi connectivity index (χ3n) is 1.47. The molecule has 0 unspecified atom stereocenters. The summed E-state index contributed by atoms with van der Waals surface area (Å²) < 4.78 is 11.5. The van der Waals surface area contributed by atoms with Gasteiger partial charge in [-0.05, 0) is 6.42 Å². The van der Waals surface area contributed by atoms with Crippen molar-refractivity contribution < 1.29 is 9.18 Å². The highest BCUT2D eigenvalue weighted by atomic mass is 19.1. The summed E-state index contributed by atoms with van der Waals surface area (Å²) in [6.45, 7) is 1.84. The van der Waals surface area contributed by atoms with Gasteiger partial charge in [0.2, 0.25) is 0 Å². The maximum absolute atomic E-state index is 11.5. The molecule has 0 aliphatic rings. The number of rotatable bonds is 6. The van der Waals surface area contributed by atoms with Crippen LogP contribution in [-0.2, 0) is 4.79 Å². The minimum Gasteiger partial charge on any atom is -0.354 e. The zero-order valence-electron chi connectivity index (χ0n) is 7.03. The van der Waals surface area contributed by atoms with Crippen LogP contribution >= 0.6 is 0 Å². The number of alkyl halides is 1. The first-order valence-electron chi connectivity index (χ1n) is 4.14. The van der Waals surface area contributed by atoms with Gasteiger partial charge in [-0.15, -0.1) is 0 Å². The monoisotopic (exact) mass is 161 g/mol. The van der Waals surface area contributed by atoms with Crippen LogP contribution in [0, 0.1) is 0 Å². The summed E-state index contributed by atoms with van der Waals surface area (Å²) in [6.07, 6.45) is 4.44. The number of halogens is 1. The summed E-state index contributed by atoms with van der Waals surface area (Å²) in [5.74, 6) is -0.499. The lowest BCUT2D eigenvalue weighted by molar-refractivity contribution is -0.121. The maximum Gasteiger partial charge on any atom is 0.251 e. The first kappa shape index (κ1) is 10.4. The highest BCUT2D eigenvalue weighted by Crippen LogP contribution is 1.96. The largest absolute Gasteiger partial charge is 0.354 e. The molecule has 66 valence electrons. The van der Waals surface area contributed by atoms with E-state index in [1.54, 1.807) is 0 Å².